The van der Waals surface area contributed by atoms with Crippen molar-refractivity contribution in [1.29, 1.82) is 0 Å². The standard InChI is InChI=1S/C33H40N2O6/c1-33(2,3)41-32(40)35-29(19-22-10-15-26(37)16-11-22)30(38)20-24(18-21-8-13-25(36)14-9-21)31(39)34-28-17-12-23-6-4-5-7-27(23)28/h4-11,13-16,24,28-30,36-38H,12,17-20H2,1-3H3,(H,34,39)(H,35,40)/t24-,28+,29+,30+/m1/s1. The maximum absolute atomic E-state index is 13.7. The van der Waals surface area contributed by atoms with Gasteiger partial charge in [0.25, 0.3) is 0 Å². The molecule has 0 bridgehead atoms. The smallest absolute Gasteiger partial charge is 0.407 e. The van der Waals surface area contributed by atoms with Crippen LogP contribution in [0.4, 0.5) is 4.79 Å². The largest absolute Gasteiger partial charge is 0.508 e. The first-order valence-electron chi connectivity index (χ1n) is 14.1. The van der Waals surface area contributed by atoms with Gasteiger partial charge in [0.15, 0.2) is 0 Å². The highest BCUT2D eigenvalue weighted by Crippen LogP contribution is 2.31. The Morgan fingerprint density at radius 1 is 0.902 bits per heavy atom. The number of rotatable bonds is 10. The second-order valence-electron chi connectivity index (χ2n) is 11.8. The zero-order valence-corrected chi connectivity index (χ0v) is 23.8. The van der Waals surface area contributed by atoms with Gasteiger partial charge in [0.2, 0.25) is 5.91 Å². The van der Waals surface area contributed by atoms with Crippen LogP contribution in [-0.2, 0) is 28.8 Å². The lowest BCUT2D eigenvalue weighted by molar-refractivity contribution is -0.127. The molecule has 4 rings (SSSR count). The Balaban J connectivity index is 1.54. The molecule has 0 saturated heterocycles. The summed E-state index contributed by atoms with van der Waals surface area (Å²) in [5, 5.41) is 36.9. The van der Waals surface area contributed by atoms with Crippen LogP contribution in [0.25, 0.3) is 0 Å². The molecule has 0 aromatic heterocycles. The van der Waals surface area contributed by atoms with E-state index < -0.39 is 29.8 Å². The van der Waals surface area contributed by atoms with Crippen LogP contribution in [0.3, 0.4) is 0 Å². The molecule has 1 aliphatic rings. The predicted octanol–water partition coefficient (Wildman–Crippen LogP) is 4.95. The van der Waals surface area contributed by atoms with Crippen molar-refractivity contribution in [3.05, 3.63) is 95.1 Å². The fourth-order valence-corrected chi connectivity index (χ4v) is 5.28. The van der Waals surface area contributed by atoms with Gasteiger partial charge < -0.3 is 30.7 Å². The zero-order valence-electron chi connectivity index (χ0n) is 23.8. The van der Waals surface area contributed by atoms with E-state index in [2.05, 4.69) is 16.7 Å². The van der Waals surface area contributed by atoms with Gasteiger partial charge in [0.1, 0.15) is 17.1 Å². The van der Waals surface area contributed by atoms with Gasteiger partial charge in [-0.1, -0.05) is 48.5 Å². The molecule has 0 spiro atoms. The Morgan fingerprint density at radius 2 is 1.49 bits per heavy atom. The van der Waals surface area contributed by atoms with Crippen molar-refractivity contribution in [3.8, 4) is 11.5 Å². The van der Waals surface area contributed by atoms with Crippen LogP contribution >= 0.6 is 0 Å². The second-order valence-corrected chi connectivity index (χ2v) is 11.8. The number of phenolic OH excluding ortho intramolecular Hbond substituents is 2. The van der Waals surface area contributed by atoms with Crippen LogP contribution in [0, 0.1) is 5.92 Å². The number of alkyl carbamates (subject to hydrolysis) is 1. The molecule has 41 heavy (non-hydrogen) atoms. The maximum Gasteiger partial charge on any atom is 0.407 e. The number of carbonyl (C=O) groups excluding carboxylic acids is 2. The molecule has 0 fully saturated rings. The summed E-state index contributed by atoms with van der Waals surface area (Å²) in [7, 11) is 0. The maximum atomic E-state index is 13.7. The first kappa shape index (κ1) is 29.9. The summed E-state index contributed by atoms with van der Waals surface area (Å²) in [6.07, 6.45) is 0.645. The molecule has 8 heteroatoms. The van der Waals surface area contributed by atoms with Crippen molar-refractivity contribution in [2.45, 2.75) is 76.7 Å². The number of ether oxygens (including phenoxy) is 1. The molecule has 5 N–H and O–H groups in total. The number of nitrogens with one attached hydrogen (secondary N) is 2. The number of phenols is 2. The van der Waals surface area contributed by atoms with E-state index in [0.717, 1.165) is 29.5 Å². The van der Waals surface area contributed by atoms with Crippen molar-refractivity contribution in [2.75, 3.05) is 0 Å². The number of benzene rings is 3. The van der Waals surface area contributed by atoms with Crippen LogP contribution in [0.2, 0.25) is 0 Å². The van der Waals surface area contributed by atoms with Crippen molar-refractivity contribution in [2.24, 2.45) is 5.92 Å². The minimum Gasteiger partial charge on any atom is -0.508 e. The van der Waals surface area contributed by atoms with E-state index in [4.69, 9.17) is 4.74 Å². The Bertz CT molecular complexity index is 1320. The average molecular weight is 561 g/mol. The minimum atomic E-state index is -1.08. The molecule has 8 nitrogen and oxygen atoms in total. The molecule has 1 aliphatic carbocycles. The molecule has 0 saturated carbocycles. The van der Waals surface area contributed by atoms with Crippen LogP contribution in [0.5, 0.6) is 11.5 Å². The first-order valence-corrected chi connectivity index (χ1v) is 14.1. The van der Waals surface area contributed by atoms with Crippen LogP contribution in [0.1, 0.15) is 61.9 Å². The number of aryl methyl sites for hydroxylation is 1. The topological polar surface area (TPSA) is 128 Å². The summed E-state index contributed by atoms with van der Waals surface area (Å²) in [5.74, 6) is -0.539. The van der Waals surface area contributed by atoms with Gasteiger partial charge in [-0.3, -0.25) is 4.79 Å². The molecule has 3 aromatic rings. The Kier molecular flexibility index (Phi) is 9.55. The number of fused-ring (bicyclic) bond motifs is 1. The summed E-state index contributed by atoms with van der Waals surface area (Å²) in [4.78, 5) is 26.5. The summed E-state index contributed by atoms with van der Waals surface area (Å²) in [5.41, 5.74) is 3.25. The SMILES string of the molecule is CC(C)(C)OC(=O)N[C@@H](Cc1ccc(O)cc1)[C@@H](O)C[C@@H](Cc1ccc(O)cc1)C(=O)N[C@H]1CCc2ccccc21. The first-order chi connectivity index (χ1) is 19.5. The molecular formula is C33H40N2O6. The predicted molar refractivity (Wildman–Crippen MR) is 157 cm³/mol. The highest BCUT2D eigenvalue weighted by Gasteiger charge is 2.32. The summed E-state index contributed by atoms with van der Waals surface area (Å²) in [6.45, 7) is 5.28. The van der Waals surface area contributed by atoms with Crippen LogP contribution < -0.4 is 10.6 Å². The van der Waals surface area contributed by atoms with Gasteiger partial charge in [-0.05, 0) is 99.4 Å². The number of aromatic hydroxyl groups is 2. The van der Waals surface area contributed by atoms with Crippen molar-refractivity contribution in [3.63, 3.8) is 0 Å². The number of carbonyl (C=O) groups is 2. The van der Waals surface area contributed by atoms with E-state index in [0.29, 0.717) is 6.42 Å². The van der Waals surface area contributed by atoms with Gasteiger partial charge in [-0.25, -0.2) is 4.79 Å². The molecule has 0 unspecified atom stereocenters. The van der Waals surface area contributed by atoms with E-state index in [-0.39, 0.29) is 36.3 Å². The van der Waals surface area contributed by atoms with E-state index >= 15 is 0 Å². The monoisotopic (exact) mass is 560 g/mol. The van der Waals surface area contributed by atoms with Gasteiger partial charge in [-0.15, -0.1) is 0 Å². The average Bonchev–Trinajstić information content (AvgIpc) is 3.32. The highest BCUT2D eigenvalue weighted by molar-refractivity contribution is 5.79. The molecule has 4 atom stereocenters. The molecule has 0 radical (unpaired) electrons. The molecule has 3 aromatic carbocycles. The third kappa shape index (κ3) is 8.72. The van der Waals surface area contributed by atoms with E-state index in [1.165, 1.54) is 5.56 Å². The Morgan fingerprint density at radius 3 is 2.10 bits per heavy atom. The Labute approximate surface area is 241 Å². The number of hydrogen-bond acceptors (Lipinski definition) is 6. The zero-order chi connectivity index (χ0) is 29.6. The number of aliphatic hydroxyl groups excluding tert-OH is 1. The molecular weight excluding hydrogens is 520 g/mol. The third-order valence-electron chi connectivity index (χ3n) is 7.32. The summed E-state index contributed by atoms with van der Waals surface area (Å²) >= 11 is 0. The normalized spacial score (nSPS) is 16.7. The molecule has 2 amide bonds. The van der Waals surface area contributed by atoms with Crippen molar-refractivity contribution < 1.29 is 29.6 Å². The summed E-state index contributed by atoms with van der Waals surface area (Å²) < 4.78 is 5.45. The van der Waals surface area contributed by atoms with Gasteiger partial charge in [-0.2, -0.15) is 0 Å². The van der Waals surface area contributed by atoms with Crippen LogP contribution in [-0.4, -0.2) is 45.1 Å². The molecule has 0 aliphatic heterocycles. The lowest BCUT2D eigenvalue weighted by Gasteiger charge is -2.29. The van der Waals surface area contributed by atoms with Crippen molar-refractivity contribution in [1.82, 2.24) is 10.6 Å². The Hall–Kier alpha value is -4.04. The fraction of sp³-hybridized carbons (Fsp3) is 0.394. The highest BCUT2D eigenvalue weighted by atomic mass is 16.6. The minimum absolute atomic E-state index is 0.0830. The van der Waals surface area contributed by atoms with Crippen molar-refractivity contribution >= 4 is 12.0 Å². The molecule has 0 heterocycles. The van der Waals surface area contributed by atoms with E-state index in [9.17, 15) is 24.9 Å². The van der Waals surface area contributed by atoms with Gasteiger partial charge in [0, 0.05) is 5.92 Å². The van der Waals surface area contributed by atoms with Gasteiger partial charge >= 0.3 is 6.09 Å². The number of aliphatic hydroxyl groups is 1. The van der Waals surface area contributed by atoms with Gasteiger partial charge in [0.05, 0.1) is 18.2 Å². The van der Waals surface area contributed by atoms with E-state index in [1.54, 1.807) is 69.3 Å². The third-order valence-corrected chi connectivity index (χ3v) is 7.32. The molecule has 218 valence electrons. The summed E-state index contributed by atoms with van der Waals surface area (Å²) in [6, 6.07) is 20.5. The fourth-order valence-electron chi connectivity index (χ4n) is 5.28. The quantitative estimate of drug-likeness (QED) is 0.239. The number of hydrogen-bond donors (Lipinski definition) is 5. The lowest BCUT2D eigenvalue weighted by Crippen LogP contribution is -2.48. The van der Waals surface area contributed by atoms with E-state index in [1.807, 2.05) is 18.2 Å². The van der Waals surface area contributed by atoms with Crippen LogP contribution in [0.15, 0.2) is 72.8 Å². The second kappa shape index (κ2) is 13.1. The number of amides is 2. The lowest BCUT2D eigenvalue weighted by atomic mass is 9.88.